The van der Waals surface area contributed by atoms with E-state index in [1.807, 2.05) is 60.7 Å². The molecule has 0 aliphatic heterocycles. The van der Waals surface area contributed by atoms with Crippen LogP contribution in [0.1, 0.15) is 37.4 Å². The van der Waals surface area contributed by atoms with Crippen LogP contribution in [0.2, 0.25) is 17.3 Å². The molecular formula is C50H42GeIrN2S-2. The molecule has 0 aliphatic carbocycles. The standard InChI is InChI=1S/C28H18NS.C22H24GeN.Ir/c1-2-6-19(7-3-1)14-20-12-13-29-26(15-20)23-10-11-27-24(17-23)25-16-21-8-4-5-9-22(21)18-28(25)30-27;1-17-10-12-19(13-11-17)22-15-20(14-18-8-6-5-7-9-18)21(16-24-22)23(2,3)4;/h1-9,11-13,15-18H,14H2;5-12,15-16H,14H2,1-4H3;/q2*-1;/i14D2;1D3,14D2;. The Balaban J connectivity index is 0.000000185. The smallest absolute Gasteiger partial charge is 0.0365 e. The van der Waals surface area contributed by atoms with Gasteiger partial charge in [0.1, 0.15) is 0 Å². The Hall–Kier alpha value is -4.71. The van der Waals surface area contributed by atoms with Crippen molar-refractivity contribution in [2.45, 2.75) is 36.9 Å². The Labute approximate surface area is 354 Å². The zero-order chi connectivity index (χ0) is 43.2. The molecule has 0 atom stereocenters. The first-order chi connectivity index (χ1) is 29.0. The van der Waals surface area contributed by atoms with E-state index in [2.05, 4.69) is 81.8 Å². The van der Waals surface area contributed by atoms with Gasteiger partial charge >= 0.3 is 155 Å². The summed E-state index contributed by atoms with van der Waals surface area (Å²) in [5.74, 6) is 6.66. The fourth-order valence-electron chi connectivity index (χ4n) is 6.46. The van der Waals surface area contributed by atoms with Crippen LogP contribution in [-0.2, 0) is 32.9 Å². The molecule has 3 aromatic heterocycles. The first kappa shape index (κ1) is 30.5. The second-order valence-electron chi connectivity index (χ2n) is 14.2. The summed E-state index contributed by atoms with van der Waals surface area (Å²) in [5.41, 5.74) is 5.52. The summed E-state index contributed by atoms with van der Waals surface area (Å²) < 4.78 is 61.1. The molecule has 9 rings (SSSR count). The van der Waals surface area contributed by atoms with E-state index in [1.165, 1.54) is 37.0 Å². The van der Waals surface area contributed by atoms with Gasteiger partial charge in [0.15, 0.2) is 0 Å². The third-order valence-electron chi connectivity index (χ3n) is 9.22. The van der Waals surface area contributed by atoms with E-state index in [1.54, 1.807) is 60.1 Å². The van der Waals surface area contributed by atoms with Crippen LogP contribution in [0.25, 0.3) is 53.5 Å². The molecule has 0 bridgehead atoms. The molecule has 3 heterocycles. The van der Waals surface area contributed by atoms with Gasteiger partial charge in [-0.05, 0) is 62.3 Å². The van der Waals surface area contributed by atoms with Crippen LogP contribution >= 0.6 is 11.3 Å². The first-order valence-corrected chi connectivity index (χ1v) is 26.0. The van der Waals surface area contributed by atoms with Crippen LogP contribution in [-0.4, -0.2) is 23.2 Å². The van der Waals surface area contributed by atoms with Crippen LogP contribution < -0.4 is 4.40 Å². The van der Waals surface area contributed by atoms with Gasteiger partial charge in [0.05, 0.1) is 0 Å². The van der Waals surface area contributed by atoms with Gasteiger partial charge in [-0.2, -0.15) is 11.3 Å². The fraction of sp³-hybridized carbons (Fsp3) is 0.120. The van der Waals surface area contributed by atoms with Gasteiger partial charge in [0.25, 0.3) is 0 Å². The largest absolute Gasteiger partial charge is 0.305 e. The van der Waals surface area contributed by atoms with Crippen LogP contribution in [0.3, 0.4) is 0 Å². The van der Waals surface area contributed by atoms with Crippen molar-refractivity contribution in [2.24, 2.45) is 0 Å². The van der Waals surface area contributed by atoms with E-state index in [0.29, 0.717) is 33.5 Å². The summed E-state index contributed by atoms with van der Waals surface area (Å²) in [6.45, 7) is -2.18. The molecule has 0 N–H and O–H groups in total. The van der Waals surface area contributed by atoms with Gasteiger partial charge < -0.3 is 4.98 Å². The van der Waals surface area contributed by atoms with Crippen molar-refractivity contribution in [3.8, 4) is 22.5 Å². The molecule has 0 saturated heterocycles. The summed E-state index contributed by atoms with van der Waals surface area (Å²) in [6, 6.07) is 52.0. The minimum absolute atomic E-state index is 0. The fourth-order valence-corrected chi connectivity index (χ4v) is 10.5. The molecule has 6 aromatic carbocycles. The van der Waals surface area contributed by atoms with Crippen molar-refractivity contribution >= 4 is 59.9 Å². The molecule has 2 nitrogen and oxygen atoms in total. The zero-order valence-corrected chi connectivity index (χ0v) is 36.0. The molecule has 0 fully saturated rings. The van der Waals surface area contributed by atoms with Crippen LogP contribution in [0, 0.1) is 19.0 Å². The van der Waals surface area contributed by atoms with Crippen LogP contribution in [0.4, 0.5) is 0 Å². The van der Waals surface area contributed by atoms with Gasteiger partial charge in [-0.15, -0.1) is 23.8 Å². The summed E-state index contributed by atoms with van der Waals surface area (Å²) in [6.07, 6.45) is 0.224. The number of aromatic nitrogens is 2. The van der Waals surface area contributed by atoms with Crippen LogP contribution in [0.5, 0.6) is 0 Å². The Morgan fingerprint density at radius 2 is 1.27 bits per heavy atom. The maximum atomic E-state index is 8.89. The molecule has 273 valence electrons. The zero-order valence-electron chi connectivity index (χ0n) is 37.6. The normalized spacial score (nSPS) is 13.9. The molecule has 1 radical (unpaired) electrons. The van der Waals surface area contributed by atoms with Gasteiger partial charge in [0, 0.05) is 33.7 Å². The van der Waals surface area contributed by atoms with Crippen molar-refractivity contribution in [3.05, 3.63) is 198 Å². The van der Waals surface area contributed by atoms with Gasteiger partial charge in [-0.25, -0.2) is 0 Å². The van der Waals surface area contributed by atoms with Gasteiger partial charge in [-0.3, -0.25) is 0 Å². The molecule has 0 spiro atoms. The number of aryl methyl sites for hydroxylation is 1. The molecule has 0 unspecified atom stereocenters. The monoisotopic (exact) mass is 976 g/mol. The Morgan fingerprint density at radius 3 is 1.96 bits per heavy atom. The van der Waals surface area contributed by atoms with E-state index in [9.17, 15) is 0 Å². The number of benzene rings is 6. The Kier molecular flexibility index (Phi) is 9.41. The molecule has 5 heteroatoms. The molecule has 0 aliphatic rings. The number of rotatable bonds is 7. The molecule has 0 saturated carbocycles. The maximum absolute atomic E-state index is 8.89. The first-order valence-electron chi connectivity index (χ1n) is 21.4. The second kappa shape index (κ2) is 17.0. The van der Waals surface area contributed by atoms with Crippen molar-refractivity contribution < 1.29 is 29.7 Å². The predicted octanol–water partition coefficient (Wildman–Crippen LogP) is 12.7. The molecule has 0 amide bonds. The van der Waals surface area contributed by atoms with E-state index in [-0.39, 0.29) is 25.7 Å². The van der Waals surface area contributed by atoms with Crippen molar-refractivity contribution in [3.63, 3.8) is 0 Å². The second-order valence-corrected chi connectivity index (χ2v) is 25.8. The van der Waals surface area contributed by atoms with Crippen molar-refractivity contribution in [1.29, 1.82) is 0 Å². The SMILES string of the molecule is [2H]C([2H])([2H])c1c[c-]c(-c2cc(C([2H])([2H])c3ccccc3)[c]([Ge]([CH3])([CH3])[CH3])cn2)cc1.[2H]C([2H])(c1ccccc1)c1ccnc(-c2[c-]cc3sc4cc5ccccc5cc4c3c2)c1.[Ir]. The average molecular weight is 975 g/mol. The van der Waals surface area contributed by atoms with Gasteiger partial charge in [0.2, 0.25) is 0 Å². The topological polar surface area (TPSA) is 25.8 Å². The minimum Gasteiger partial charge on any atom is -0.305 e. The van der Waals surface area contributed by atoms with E-state index < -0.39 is 32.9 Å². The summed E-state index contributed by atoms with van der Waals surface area (Å²) in [4.78, 5) is 9.13. The number of hydrogen-bond acceptors (Lipinski definition) is 3. The van der Waals surface area contributed by atoms with Crippen molar-refractivity contribution in [1.82, 2.24) is 9.97 Å². The maximum Gasteiger partial charge on any atom is 0.0365 e. The van der Waals surface area contributed by atoms with E-state index in [4.69, 9.17) is 9.60 Å². The summed E-state index contributed by atoms with van der Waals surface area (Å²) >= 11 is -0.642. The number of fused-ring (bicyclic) bond motifs is 4. The Bertz CT molecular complexity index is 3000. The van der Waals surface area contributed by atoms with Crippen LogP contribution in [0.15, 0.2) is 158 Å². The predicted molar refractivity (Wildman–Crippen MR) is 234 cm³/mol. The quantitative estimate of drug-likeness (QED) is 0.117. The van der Waals surface area contributed by atoms with Crippen molar-refractivity contribution in [2.75, 3.05) is 0 Å². The third-order valence-corrected chi connectivity index (χ3v) is 14.6. The van der Waals surface area contributed by atoms with E-state index in [0.717, 1.165) is 15.7 Å². The number of thiophene rings is 1. The number of nitrogens with zero attached hydrogens (tertiary/aromatic N) is 2. The molecular weight excluding hydrogens is 925 g/mol. The number of hydrogen-bond donors (Lipinski definition) is 0. The Morgan fingerprint density at radius 1 is 0.618 bits per heavy atom. The minimum atomic E-state index is -2.42. The number of pyridine rings is 2. The average Bonchev–Trinajstić information content (AvgIpc) is 3.62. The third kappa shape index (κ3) is 9.06. The van der Waals surface area contributed by atoms with Gasteiger partial charge in [-0.1, -0.05) is 66.0 Å². The molecule has 55 heavy (non-hydrogen) atoms. The molecule has 9 aromatic rings. The summed E-state index contributed by atoms with van der Waals surface area (Å²) in [7, 11) is 0. The summed E-state index contributed by atoms with van der Waals surface area (Å²) in [5, 5.41) is 4.89. The van der Waals surface area contributed by atoms with E-state index >= 15 is 0 Å².